The Balaban J connectivity index is 2.03. The van der Waals surface area contributed by atoms with Crippen LogP contribution in [0.5, 0.6) is 0 Å². The van der Waals surface area contributed by atoms with Crippen LogP contribution in [0.25, 0.3) is 11.6 Å². The summed E-state index contributed by atoms with van der Waals surface area (Å²) < 4.78 is 2.18. The van der Waals surface area contributed by atoms with Gasteiger partial charge >= 0.3 is 0 Å². The summed E-state index contributed by atoms with van der Waals surface area (Å²) in [5, 5.41) is 7.08. The van der Waals surface area contributed by atoms with Crippen molar-refractivity contribution < 1.29 is 0 Å². The number of nitrogens with one attached hydrogen (secondary N) is 2. The third kappa shape index (κ3) is 3.86. The Kier molecular flexibility index (Phi) is 5.83. The summed E-state index contributed by atoms with van der Waals surface area (Å²) in [7, 11) is 2.10. The minimum absolute atomic E-state index is 0.820. The lowest BCUT2D eigenvalue weighted by molar-refractivity contribution is 0.356. The van der Waals surface area contributed by atoms with E-state index >= 15 is 0 Å². The molecular weight excluding hydrogens is 258 g/mol. The molecular formula is C18H29N3. The molecule has 116 valence electrons. The number of aromatic nitrogens is 1. The molecule has 2 heterocycles. The van der Waals surface area contributed by atoms with Crippen LogP contribution in [0.4, 0.5) is 0 Å². The molecule has 1 aliphatic heterocycles. The number of rotatable bonds is 6. The van der Waals surface area contributed by atoms with Crippen LogP contribution >= 0.6 is 0 Å². The predicted octanol–water partition coefficient (Wildman–Crippen LogP) is 3.18. The third-order valence-corrected chi connectivity index (χ3v) is 4.53. The maximum Gasteiger partial charge on any atom is 0.0477 e. The summed E-state index contributed by atoms with van der Waals surface area (Å²) in [6.45, 7) is 12.6. The van der Waals surface area contributed by atoms with Crippen molar-refractivity contribution >= 4 is 11.6 Å². The van der Waals surface area contributed by atoms with Crippen molar-refractivity contribution in [1.82, 2.24) is 15.2 Å². The molecule has 1 aliphatic rings. The second-order valence-electron chi connectivity index (χ2n) is 6.03. The van der Waals surface area contributed by atoms with Crippen LogP contribution in [0.1, 0.15) is 43.5 Å². The van der Waals surface area contributed by atoms with E-state index < -0.39 is 0 Å². The minimum atomic E-state index is 0.820. The molecule has 0 aromatic carbocycles. The molecule has 0 saturated carbocycles. The molecule has 1 saturated heterocycles. The quantitative estimate of drug-likeness (QED) is 0.841. The first-order valence-corrected chi connectivity index (χ1v) is 8.02. The van der Waals surface area contributed by atoms with Crippen LogP contribution in [0.15, 0.2) is 18.9 Å². The highest BCUT2D eigenvalue weighted by molar-refractivity contribution is 5.74. The van der Waals surface area contributed by atoms with E-state index in [4.69, 9.17) is 0 Å². The number of hydrogen-bond donors (Lipinski definition) is 2. The van der Waals surface area contributed by atoms with E-state index in [0.29, 0.717) is 0 Å². The van der Waals surface area contributed by atoms with E-state index in [-0.39, 0.29) is 0 Å². The van der Waals surface area contributed by atoms with Crippen molar-refractivity contribution in [3.05, 3.63) is 35.7 Å². The van der Waals surface area contributed by atoms with Crippen LogP contribution < -0.4 is 10.6 Å². The molecule has 1 aromatic heterocycles. The first kappa shape index (κ1) is 16.1. The second kappa shape index (κ2) is 7.62. The first-order valence-electron chi connectivity index (χ1n) is 8.02. The highest BCUT2D eigenvalue weighted by Crippen LogP contribution is 2.26. The lowest BCUT2D eigenvalue weighted by Crippen LogP contribution is -2.33. The Morgan fingerprint density at radius 2 is 2.19 bits per heavy atom. The van der Waals surface area contributed by atoms with Gasteiger partial charge in [0.1, 0.15) is 0 Å². The number of aryl methyl sites for hydroxylation is 1. The SMILES string of the molecule is C=Cc1c(/C(C)=C\C)c(CNCC2CCNCC2)cn1C. The normalized spacial score (nSPS) is 17.2. The molecule has 1 fully saturated rings. The van der Waals surface area contributed by atoms with Gasteiger partial charge in [0, 0.05) is 31.0 Å². The van der Waals surface area contributed by atoms with E-state index in [1.54, 1.807) is 0 Å². The van der Waals surface area contributed by atoms with Gasteiger partial charge in [-0.3, -0.25) is 0 Å². The highest BCUT2D eigenvalue weighted by atomic mass is 14.9. The topological polar surface area (TPSA) is 29.0 Å². The van der Waals surface area contributed by atoms with Gasteiger partial charge in [-0.15, -0.1) is 0 Å². The number of allylic oxidation sites excluding steroid dienone is 2. The summed E-state index contributed by atoms with van der Waals surface area (Å²) in [6.07, 6.45) is 8.95. The Bertz CT molecular complexity index is 505. The lowest BCUT2D eigenvalue weighted by Gasteiger charge is -2.22. The van der Waals surface area contributed by atoms with Gasteiger partial charge in [-0.05, 0) is 69.5 Å². The molecule has 2 N–H and O–H groups in total. The third-order valence-electron chi connectivity index (χ3n) is 4.53. The Morgan fingerprint density at radius 3 is 2.81 bits per heavy atom. The molecule has 0 unspecified atom stereocenters. The van der Waals surface area contributed by atoms with Crippen LogP contribution in [0.3, 0.4) is 0 Å². The van der Waals surface area contributed by atoms with Crippen LogP contribution in [-0.2, 0) is 13.6 Å². The van der Waals surface area contributed by atoms with Crippen LogP contribution in [-0.4, -0.2) is 24.2 Å². The van der Waals surface area contributed by atoms with Crippen molar-refractivity contribution in [2.45, 2.75) is 33.2 Å². The van der Waals surface area contributed by atoms with Gasteiger partial charge in [0.25, 0.3) is 0 Å². The van der Waals surface area contributed by atoms with E-state index in [2.05, 4.69) is 54.9 Å². The number of hydrogen-bond acceptors (Lipinski definition) is 2. The van der Waals surface area contributed by atoms with Gasteiger partial charge in [-0.2, -0.15) is 0 Å². The summed E-state index contributed by atoms with van der Waals surface area (Å²) >= 11 is 0. The molecule has 1 aromatic rings. The molecule has 0 atom stereocenters. The fourth-order valence-electron chi connectivity index (χ4n) is 3.19. The Morgan fingerprint density at radius 1 is 1.48 bits per heavy atom. The van der Waals surface area contributed by atoms with Crippen LogP contribution in [0, 0.1) is 5.92 Å². The summed E-state index contributed by atoms with van der Waals surface area (Å²) in [5.74, 6) is 0.820. The fourth-order valence-corrected chi connectivity index (χ4v) is 3.19. The largest absolute Gasteiger partial charge is 0.350 e. The van der Waals surface area contributed by atoms with Crippen molar-refractivity contribution in [3.63, 3.8) is 0 Å². The van der Waals surface area contributed by atoms with Gasteiger partial charge in [0.2, 0.25) is 0 Å². The summed E-state index contributed by atoms with van der Waals surface area (Å²) in [5.41, 5.74) is 5.25. The fraction of sp³-hybridized carbons (Fsp3) is 0.556. The summed E-state index contributed by atoms with van der Waals surface area (Å²) in [4.78, 5) is 0. The molecule has 0 amide bonds. The maximum absolute atomic E-state index is 3.96. The van der Waals surface area contributed by atoms with Crippen molar-refractivity contribution in [2.75, 3.05) is 19.6 Å². The molecule has 0 bridgehead atoms. The Hall–Kier alpha value is -1.32. The molecule has 0 aliphatic carbocycles. The highest BCUT2D eigenvalue weighted by Gasteiger charge is 2.15. The van der Waals surface area contributed by atoms with Crippen molar-refractivity contribution in [1.29, 1.82) is 0 Å². The molecule has 3 nitrogen and oxygen atoms in total. The van der Waals surface area contributed by atoms with E-state index in [1.807, 2.05) is 6.08 Å². The van der Waals surface area contributed by atoms with Gasteiger partial charge in [-0.25, -0.2) is 0 Å². The minimum Gasteiger partial charge on any atom is -0.350 e. The molecule has 3 heteroatoms. The van der Waals surface area contributed by atoms with Crippen molar-refractivity contribution in [3.8, 4) is 0 Å². The molecule has 0 radical (unpaired) electrons. The van der Waals surface area contributed by atoms with Crippen LogP contribution in [0.2, 0.25) is 0 Å². The van der Waals surface area contributed by atoms with E-state index in [0.717, 1.165) is 19.0 Å². The second-order valence-corrected chi connectivity index (χ2v) is 6.03. The van der Waals surface area contributed by atoms with E-state index in [1.165, 1.54) is 48.3 Å². The van der Waals surface area contributed by atoms with Gasteiger partial charge < -0.3 is 15.2 Å². The predicted molar refractivity (Wildman–Crippen MR) is 92.1 cm³/mol. The molecule has 2 rings (SSSR count). The Labute approximate surface area is 129 Å². The number of nitrogens with zero attached hydrogens (tertiary/aromatic N) is 1. The molecule has 21 heavy (non-hydrogen) atoms. The average molecular weight is 287 g/mol. The maximum atomic E-state index is 3.96. The zero-order chi connectivity index (χ0) is 15.2. The van der Waals surface area contributed by atoms with Crippen molar-refractivity contribution in [2.24, 2.45) is 13.0 Å². The molecule has 0 spiro atoms. The van der Waals surface area contributed by atoms with Gasteiger partial charge in [0.05, 0.1) is 0 Å². The van der Waals surface area contributed by atoms with Gasteiger partial charge in [0.15, 0.2) is 0 Å². The smallest absolute Gasteiger partial charge is 0.0477 e. The monoisotopic (exact) mass is 287 g/mol. The standard InChI is InChI=1S/C18H29N3/c1-5-14(3)18-16(13-21(4)17(18)6-2)12-20-11-15-7-9-19-10-8-15/h5-6,13,15,19-20H,2,7-12H2,1,3-4H3/b14-5-. The van der Waals surface area contributed by atoms with Gasteiger partial charge in [-0.1, -0.05) is 12.7 Å². The zero-order valence-electron chi connectivity index (χ0n) is 13.7. The zero-order valence-corrected chi connectivity index (χ0v) is 13.7. The first-order chi connectivity index (χ1) is 10.2. The number of piperidine rings is 1. The lowest BCUT2D eigenvalue weighted by atomic mass is 9.98. The average Bonchev–Trinajstić information content (AvgIpc) is 2.83. The van der Waals surface area contributed by atoms with E-state index in [9.17, 15) is 0 Å². The summed E-state index contributed by atoms with van der Waals surface area (Å²) in [6, 6.07) is 0.